The molecule has 3 aromatic rings. The van der Waals surface area contributed by atoms with E-state index in [-0.39, 0.29) is 5.91 Å². The van der Waals surface area contributed by atoms with Crippen molar-refractivity contribution in [3.05, 3.63) is 42.5 Å². The predicted octanol–water partition coefficient (Wildman–Crippen LogP) is 4.69. The zero-order chi connectivity index (χ0) is 16.2. The fourth-order valence-corrected chi connectivity index (χ4v) is 3.21. The van der Waals surface area contributed by atoms with Gasteiger partial charge in [0, 0.05) is 16.7 Å². The van der Waals surface area contributed by atoms with Gasteiger partial charge in [0.1, 0.15) is 0 Å². The molecule has 0 saturated heterocycles. The molecule has 1 heterocycles. The molecule has 0 saturated carbocycles. The summed E-state index contributed by atoms with van der Waals surface area (Å²) in [5.74, 6) is 0.598. The summed E-state index contributed by atoms with van der Waals surface area (Å²) >= 11 is 1.73. The van der Waals surface area contributed by atoms with Crippen LogP contribution in [0.5, 0.6) is 0 Å². The fourth-order valence-electron chi connectivity index (χ4n) is 2.59. The normalized spacial score (nSPS) is 10.9. The molecule has 0 aliphatic rings. The number of aromatic nitrogens is 2. The van der Waals surface area contributed by atoms with Crippen LogP contribution in [0.25, 0.3) is 22.0 Å². The zero-order valence-electron chi connectivity index (χ0n) is 13.2. The Morgan fingerprint density at radius 2 is 2.09 bits per heavy atom. The van der Waals surface area contributed by atoms with Gasteiger partial charge in [-0.25, -0.2) is 0 Å². The monoisotopic (exact) mass is 325 g/mol. The van der Waals surface area contributed by atoms with E-state index >= 15 is 0 Å². The third-order valence-electron chi connectivity index (χ3n) is 3.72. The Morgan fingerprint density at radius 3 is 2.87 bits per heavy atom. The summed E-state index contributed by atoms with van der Waals surface area (Å²) in [6.07, 6.45) is 3.41. The number of thioether (sulfide) groups is 1. The molecule has 0 aliphatic carbocycles. The third-order valence-corrected chi connectivity index (χ3v) is 4.51. The van der Waals surface area contributed by atoms with Gasteiger partial charge < -0.3 is 5.32 Å². The first-order chi connectivity index (χ1) is 11.2. The van der Waals surface area contributed by atoms with Crippen molar-refractivity contribution in [2.45, 2.75) is 24.7 Å². The van der Waals surface area contributed by atoms with E-state index < -0.39 is 0 Å². The van der Waals surface area contributed by atoms with Crippen LogP contribution in [0.1, 0.15) is 19.8 Å². The molecule has 1 amide bonds. The van der Waals surface area contributed by atoms with E-state index in [1.165, 1.54) is 10.5 Å². The zero-order valence-corrected chi connectivity index (χ0v) is 14.0. The van der Waals surface area contributed by atoms with E-state index in [0.29, 0.717) is 12.2 Å². The number of nitrogens with zero attached hydrogens (tertiary/aromatic N) is 1. The van der Waals surface area contributed by atoms with E-state index in [0.717, 1.165) is 22.9 Å². The number of rotatable bonds is 5. The van der Waals surface area contributed by atoms with Crippen molar-refractivity contribution in [2.75, 3.05) is 11.6 Å². The summed E-state index contributed by atoms with van der Waals surface area (Å²) in [6.45, 7) is 1.98. The average molecular weight is 325 g/mol. The highest BCUT2D eigenvalue weighted by Gasteiger charge is 2.11. The lowest BCUT2D eigenvalue weighted by Crippen LogP contribution is -2.10. The molecule has 0 aliphatic heterocycles. The summed E-state index contributed by atoms with van der Waals surface area (Å²) in [5, 5.41) is 11.0. The first-order valence-corrected chi connectivity index (χ1v) is 8.86. The predicted molar refractivity (Wildman–Crippen MR) is 96.8 cm³/mol. The lowest BCUT2D eigenvalue weighted by Gasteiger charge is -2.07. The van der Waals surface area contributed by atoms with Gasteiger partial charge in [-0.05, 0) is 42.0 Å². The van der Waals surface area contributed by atoms with Crippen molar-refractivity contribution in [3.8, 4) is 11.1 Å². The summed E-state index contributed by atoms with van der Waals surface area (Å²) in [5.41, 5.74) is 3.26. The van der Waals surface area contributed by atoms with Crippen LogP contribution >= 0.6 is 11.8 Å². The van der Waals surface area contributed by atoms with Crippen LogP contribution in [0.3, 0.4) is 0 Å². The minimum Gasteiger partial charge on any atom is -0.309 e. The van der Waals surface area contributed by atoms with E-state index in [4.69, 9.17) is 0 Å². The molecule has 2 N–H and O–H groups in total. The largest absolute Gasteiger partial charge is 0.309 e. The number of anilines is 1. The minimum atomic E-state index is -0.00212. The molecule has 5 heteroatoms. The van der Waals surface area contributed by atoms with Crippen molar-refractivity contribution in [3.63, 3.8) is 0 Å². The number of carbonyl (C=O) groups is 1. The Balaban J connectivity index is 1.96. The maximum atomic E-state index is 11.8. The van der Waals surface area contributed by atoms with Crippen molar-refractivity contribution >= 4 is 34.4 Å². The second-order valence-electron chi connectivity index (χ2n) is 5.33. The summed E-state index contributed by atoms with van der Waals surface area (Å²) < 4.78 is 0. The summed E-state index contributed by atoms with van der Waals surface area (Å²) in [7, 11) is 0. The Kier molecular flexibility index (Phi) is 4.67. The van der Waals surface area contributed by atoms with Gasteiger partial charge in [0.2, 0.25) is 5.91 Å². The Morgan fingerprint density at radius 1 is 1.26 bits per heavy atom. The number of fused-ring (bicyclic) bond motifs is 1. The van der Waals surface area contributed by atoms with Crippen LogP contribution in [0.4, 0.5) is 5.82 Å². The van der Waals surface area contributed by atoms with Crippen LogP contribution in [-0.4, -0.2) is 22.4 Å². The van der Waals surface area contributed by atoms with Crippen molar-refractivity contribution in [1.29, 1.82) is 0 Å². The first-order valence-electron chi connectivity index (χ1n) is 7.64. The molecule has 0 radical (unpaired) electrons. The molecular formula is C18H19N3OS. The Bertz CT molecular complexity index is 841. The number of nitrogens with one attached hydrogen (secondary N) is 2. The highest BCUT2D eigenvalue weighted by molar-refractivity contribution is 7.98. The fraction of sp³-hybridized carbons (Fsp3) is 0.222. The number of aromatic amines is 1. The highest BCUT2D eigenvalue weighted by Crippen LogP contribution is 2.32. The molecule has 0 atom stereocenters. The van der Waals surface area contributed by atoms with E-state index in [1.54, 1.807) is 11.8 Å². The van der Waals surface area contributed by atoms with Gasteiger partial charge >= 0.3 is 0 Å². The van der Waals surface area contributed by atoms with Crippen molar-refractivity contribution in [2.24, 2.45) is 0 Å². The van der Waals surface area contributed by atoms with Crippen LogP contribution in [0.2, 0.25) is 0 Å². The smallest absolute Gasteiger partial charge is 0.225 e. The second-order valence-corrected chi connectivity index (χ2v) is 6.18. The second kappa shape index (κ2) is 6.87. The van der Waals surface area contributed by atoms with Gasteiger partial charge in [0.05, 0.1) is 5.52 Å². The van der Waals surface area contributed by atoms with E-state index in [2.05, 4.69) is 46.0 Å². The molecule has 0 bridgehead atoms. The standard InChI is InChI=1S/C18H19N3OS/c1-3-6-17(22)19-18-14-10-9-12(11-15(14)20-21-18)13-7-4-5-8-16(13)23-2/h4-5,7-11H,3,6H2,1-2H3,(H2,19,20,21,22). The lowest BCUT2D eigenvalue weighted by atomic mass is 10.0. The first kappa shape index (κ1) is 15.6. The van der Waals surface area contributed by atoms with Gasteiger partial charge in [-0.3, -0.25) is 9.89 Å². The van der Waals surface area contributed by atoms with Gasteiger partial charge in [0.15, 0.2) is 5.82 Å². The summed E-state index contributed by atoms with van der Waals surface area (Å²) in [6, 6.07) is 14.5. The van der Waals surface area contributed by atoms with Gasteiger partial charge in [-0.2, -0.15) is 5.10 Å². The molecule has 118 valence electrons. The summed E-state index contributed by atoms with van der Waals surface area (Å²) in [4.78, 5) is 13.0. The molecule has 1 aromatic heterocycles. The SMILES string of the molecule is CCCC(=O)Nc1n[nH]c2cc(-c3ccccc3SC)ccc12. The number of H-pyrrole nitrogens is 1. The van der Waals surface area contributed by atoms with Crippen LogP contribution in [-0.2, 0) is 4.79 Å². The Labute approximate surface area is 139 Å². The number of amides is 1. The molecule has 0 fully saturated rings. The number of hydrogen-bond donors (Lipinski definition) is 2. The Hall–Kier alpha value is -2.27. The highest BCUT2D eigenvalue weighted by atomic mass is 32.2. The lowest BCUT2D eigenvalue weighted by molar-refractivity contribution is -0.116. The van der Waals surface area contributed by atoms with Crippen LogP contribution in [0, 0.1) is 0 Å². The van der Waals surface area contributed by atoms with Crippen LogP contribution < -0.4 is 5.32 Å². The molecule has 0 unspecified atom stereocenters. The van der Waals surface area contributed by atoms with Crippen LogP contribution in [0.15, 0.2) is 47.4 Å². The topological polar surface area (TPSA) is 57.8 Å². The molecular weight excluding hydrogens is 306 g/mol. The maximum absolute atomic E-state index is 11.8. The number of benzene rings is 2. The van der Waals surface area contributed by atoms with Crippen molar-refractivity contribution < 1.29 is 4.79 Å². The molecule has 4 nitrogen and oxygen atoms in total. The van der Waals surface area contributed by atoms with Gasteiger partial charge in [-0.1, -0.05) is 31.2 Å². The van der Waals surface area contributed by atoms with Gasteiger partial charge in [-0.15, -0.1) is 11.8 Å². The number of carbonyl (C=O) groups excluding carboxylic acids is 1. The molecule has 0 spiro atoms. The molecule has 23 heavy (non-hydrogen) atoms. The van der Waals surface area contributed by atoms with Gasteiger partial charge in [0.25, 0.3) is 0 Å². The third kappa shape index (κ3) is 3.24. The quantitative estimate of drug-likeness (QED) is 0.669. The average Bonchev–Trinajstić information content (AvgIpc) is 2.97. The number of hydrogen-bond acceptors (Lipinski definition) is 3. The van der Waals surface area contributed by atoms with Crippen molar-refractivity contribution in [1.82, 2.24) is 10.2 Å². The van der Waals surface area contributed by atoms with E-state index in [9.17, 15) is 4.79 Å². The minimum absolute atomic E-state index is 0.00212. The maximum Gasteiger partial charge on any atom is 0.225 e. The molecule has 2 aromatic carbocycles. The molecule has 3 rings (SSSR count). The van der Waals surface area contributed by atoms with E-state index in [1.807, 2.05) is 25.1 Å².